The van der Waals surface area contributed by atoms with Crippen LogP contribution < -0.4 is 0 Å². The molecule has 1 fully saturated rings. The first-order valence-corrected chi connectivity index (χ1v) is 11.6. The van der Waals surface area contributed by atoms with E-state index in [1.54, 1.807) is 17.5 Å². The van der Waals surface area contributed by atoms with E-state index in [-0.39, 0.29) is 5.91 Å². The van der Waals surface area contributed by atoms with E-state index in [0.29, 0.717) is 0 Å². The van der Waals surface area contributed by atoms with Gasteiger partial charge in [0, 0.05) is 62.6 Å². The first kappa shape index (κ1) is 19.5. The van der Waals surface area contributed by atoms with Crippen LogP contribution in [0.4, 0.5) is 0 Å². The molecule has 0 saturated carbocycles. The topological polar surface area (TPSA) is 54.3 Å². The van der Waals surface area contributed by atoms with E-state index < -0.39 is 0 Å². The summed E-state index contributed by atoms with van der Waals surface area (Å²) in [6.45, 7) is 4.21. The number of carbonyl (C=O) groups excluding carboxylic acids is 1. The molecular formula is C23H27N5OS. The van der Waals surface area contributed by atoms with Gasteiger partial charge in [0.2, 0.25) is 0 Å². The second-order valence-electron chi connectivity index (χ2n) is 8.22. The quantitative estimate of drug-likeness (QED) is 0.648. The predicted octanol–water partition coefficient (Wildman–Crippen LogP) is 3.38. The maximum absolute atomic E-state index is 13.0. The minimum absolute atomic E-state index is 0.216. The number of aryl methyl sites for hydroxylation is 3. The Labute approximate surface area is 181 Å². The predicted molar refractivity (Wildman–Crippen MR) is 119 cm³/mol. The molecule has 0 radical (unpaired) electrons. The number of fused-ring (bicyclic) bond motifs is 1. The third-order valence-electron chi connectivity index (χ3n) is 6.19. The van der Waals surface area contributed by atoms with Gasteiger partial charge < -0.3 is 4.90 Å². The lowest BCUT2D eigenvalue weighted by atomic mass is 9.99. The number of piperazine rings is 1. The molecule has 0 bridgehead atoms. The van der Waals surface area contributed by atoms with Crippen LogP contribution in [0.2, 0.25) is 0 Å². The lowest BCUT2D eigenvalue weighted by Gasteiger charge is -2.34. The van der Waals surface area contributed by atoms with Crippen molar-refractivity contribution in [3.63, 3.8) is 0 Å². The van der Waals surface area contributed by atoms with Crippen LogP contribution in [0.1, 0.15) is 38.6 Å². The Morgan fingerprint density at radius 2 is 1.97 bits per heavy atom. The van der Waals surface area contributed by atoms with Crippen molar-refractivity contribution in [1.29, 1.82) is 0 Å². The van der Waals surface area contributed by atoms with Crippen molar-refractivity contribution in [2.45, 2.75) is 32.2 Å². The van der Waals surface area contributed by atoms with Crippen LogP contribution in [-0.2, 0) is 26.4 Å². The smallest absolute Gasteiger partial charge is 0.264 e. The third kappa shape index (κ3) is 3.91. The molecule has 1 saturated heterocycles. The van der Waals surface area contributed by atoms with Crippen molar-refractivity contribution in [2.75, 3.05) is 26.2 Å². The zero-order valence-electron chi connectivity index (χ0n) is 17.4. The van der Waals surface area contributed by atoms with Gasteiger partial charge in [0.05, 0.1) is 16.3 Å². The first-order chi connectivity index (χ1) is 14.7. The summed E-state index contributed by atoms with van der Waals surface area (Å²) >= 11 is 1.72. The first-order valence-electron chi connectivity index (χ1n) is 10.7. The summed E-state index contributed by atoms with van der Waals surface area (Å²) < 4.78 is 1.95. The van der Waals surface area contributed by atoms with Gasteiger partial charge in [-0.1, -0.05) is 0 Å². The van der Waals surface area contributed by atoms with E-state index >= 15 is 0 Å². The summed E-state index contributed by atoms with van der Waals surface area (Å²) in [5.74, 6) is 0.216. The highest BCUT2D eigenvalue weighted by Gasteiger charge is 2.25. The summed E-state index contributed by atoms with van der Waals surface area (Å²) in [4.78, 5) is 24.0. The fourth-order valence-corrected chi connectivity index (χ4v) is 5.62. The Kier molecular flexibility index (Phi) is 5.39. The summed E-state index contributed by atoms with van der Waals surface area (Å²) in [6, 6.07) is 8.27. The average molecular weight is 422 g/mol. The van der Waals surface area contributed by atoms with Crippen LogP contribution >= 0.6 is 11.3 Å². The molecule has 0 N–H and O–H groups in total. The minimum Gasteiger partial charge on any atom is -0.335 e. The molecule has 5 rings (SSSR count). The largest absolute Gasteiger partial charge is 0.335 e. The average Bonchev–Trinajstić information content (AvgIpc) is 3.38. The number of thiophene rings is 1. The monoisotopic (exact) mass is 421 g/mol. The van der Waals surface area contributed by atoms with Crippen LogP contribution in [0.25, 0.3) is 11.3 Å². The number of aromatic nitrogens is 3. The number of carbonyl (C=O) groups is 1. The van der Waals surface area contributed by atoms with Crippen molar-refractivity contribution in [3.05, 3.63) is 57.7 Å². The van der Waals surface area contributed by atoms with Gasteiger partial charge >= 0.3 is 0 Å². The molecule has 2 aliphatic rings. The van der Waals surface area contributed by atoms with E-state index in [2.05, 4.69) is 27.1 Å². The summed E-state index contributed by atoms with van der Waals surface area (Å²) in [5, 5.41) is 4.65. The zero-order chi connectivity index (χ0) is 20.5. The number of amides is 1. The second kappa shape index (κ2) is 8.32. The summed E-state index contributed by atoms with van der Waals surface area (Å²) in [7, 11) is 1.99. The van der Waals surface area contributed by atoms with Gasteiger partial charge in [-0.05, 0) is 55.5 Å². The van der Waals surface area contributed by atoms with Gasteiger partial charge in [-0.15, -0.1) is 11.3 Å². The Hall–Kier alpha value is -2.51. The van der Waals surface area contributed by atoms with Crippen LogP contribution in [-0.4, -0.2) is 56.7 Å². The van der Waals surface area contributed by atoms with Crippen LogP contribution in [0.5, 0.6) is 0 Å². The van der Waals surface area contributed by atoms with E-state index in [1.165, 1.54) is 29.0 Å². The van der Waals surface area contributed by atoms with E-state index in [4.69, 9.17) is 0 Å². The maximum atomic E-state index is 13.0. The van der Waals surface area contributed by atoms with Crippen LogP contribution in [0.3, 0.4) is 0 Å². The second-order valence-corrected chi connectivity index (χ2v) is 9.36. The third-order valence-corrected chi connectivity index (χ3v) is 7.41. The summed E-state index contributed by atoms with van der Waals surface area (Å²) in [6.07, 6.45) is 8.42. The van der Waals surface area contributed by atoms with Crippen LogP contribution in [0, 0.1) is 0 Å². The molecule has 0 atom stereocenters. The standard InChI is InChI=1S/C23H27N5OS/c1-26-19(14-20(25-26)18-6-4-8-24-15-18)16-27-9-11-28(12-10-27)23(29)22-13-17-5-2-3-7-21(17)30-22/h4,6,8,13-15H,2-3,5,7,9-12,16H2,1H3. The molecule has 7 heteroatoms. The van der Waals surface area contributed by atoms with Gasteiger partial charge in [0.15, 0.2) is 0 Å². The number of nitrogens with zero attached hydrogens (tertiary/aromatic N) is 5. The molecule has 3 aromatic heterocycles. The fraction of sp³-hybridized carbons (Fsp3) is 0.435. The molecule has 1 aliphatic carbocycles. The fourth-order valence-electron chi connectivity index (χ4n) is 4.40. The number of rotatable bonds is 4. The van der Waals surface area contributed by atoms with Gasteiger partial charge in [-0.2, -0.15) is 5.10 Å². The number of hydrogen-bond donors (Lipinski definition) is 0. The molecule has 0 aromatic carbocycles. The minimum atomic E-state index is 0.216. The zero-order valence-corrected chi connectivity index (χ0v) is 18.2. The van der Waals surface area contributed by atoms with Crippen molar-refractivity contribution in [1.82, 2.24) is 24.6 Å². The molecule has 1 aliphatic heterocycles. The molecule has 6 nitrogen and oxygen atoms in total. The summed E-state index contributed by atoms with van der Waals surface area (Å²) in [5.41, 5.74) is 4.58. The van der Waals surface area contributed by atoms with Gasteiger partial charge in [-0.25, -0.2) is 0 Å². The molecule has 156 valence electrons. The van der Waals surface area contributed by atoms with Crippen molar-refractivity contribution in [3.8, 4) is 11.3 Å². The normalized spacial score (nSPS) is 17.2. The molecule has 0 unspecified atom stereocenters. The van der Waals surface area contributed by atoms with Crippen molar-refractivity contribution in [2.24, 2.45) is 7.05 Å². The molecule has 0 spiro atoms. The highest BCUT2D eigenvalue weighted by atomic mass is 32.1. The van der Waals surface area contributed by atoms with Crippen molar-refractivity contribution >= 4 is 17.2 Å². The SMILES string of the molecule is Cn1nc(-c2cccnc2)cc1CN1CCN(C(=O)c2cc3c(s2)CCCC3)CC1. The van der Waals surface area contributed by atoms with Gasteiger partial charge in [0.1, 0.15) is 0 Å². The maximum Gasteiger partial charge on any atom is 0.264 e. The molecule has 1 amide bonds. The molecular weight excluding hydrogens is 394 g/mol. The van der Waals surface area contributed by atoms with Gasteiger partial charge in [0.25, 0.3) is 5.91 Å². The van der Waals surface area contributed by atoms with Crippen molar-refractivity contribution < 1.29 is 4.79 Å². The Balaban J connectivity index is 1.20. The Morgan fingerprint density at radius 3 is 2.73 bits per heavy atom. The molecule has 30 heavy (non-hydrogen) atoms. The van der Waals surface area contributed by atoms with Crippen LogP contribution in [0.15, 0.2) is 36.7 Å². The highest BCUT2D eigenvalue weighted by molar-refractivity contribution is 7.14. The van der Waals surface area contributed by atoms with E-state index in [1.807, 2.05) is 35.0 Å². The van der Waals surface area contributed by atoms with Gasteiger partial charge in [-0.3, -0.25) is 19.4 Å². The Bertz CT molecular complexity index is 1010. The number of pyridine rings is 1. The lowest BCUT2D eigenvalue weighted by molar-refractivity contribution is 0.0630. The van der Waals surface area contributed by atoms with E-state index in [9.17, 15) is 4.79 Å². The highest BCUT2D eigenvalue weighted by Crippen LogP contribution is 2.30. The Morgan fingerprint density at radius 1 is 1.13 bits per heavy atom. The number of hydrogen-bond acceptors (Lipinski definition) is 5. The van der Waals surface area contributed by atoms with E-state index in [0.717, 1.165) is 61.7 Å². The lowest BCUT2D eigenvalue weighted by Crippen LogP contribution is -2.48. The molecule has 4 heterocycles. The molecule has 3 aromatic rings.